The highest BCUT2D eigenvalue weighted by Crippen LogP contribution is 2.32. The fourth-order valence-electron chi connectivity index (χ4n) is 3.26. The van der Waals surface area contributed by atoms with Crippen LogP contribution in [0.1, 0.15) is 23.2 Å². The number of hydrogen-bond donors (Lipinski definition) is 0. The molecule has 0 spiro atoms. The number of fused-ring (bicyclic) bond motifs is 1. The monoisotopic (exact) mass is 542 g/mol. The van der Waals surface area contributed by atoms with Crippen molar-refractivity contribution in [3.8, 4) is 0 Å². The standard InChI is InChI=1S/C20H19IN2O4S2/c1-29(25,26)14-8-9-17-18(11-14)28-20(22-17)23(12-13-5-4-10-27-13)19(24)15-6-2-3-7-16(15)21/h2-3,6-9,11,13H,4-5,10,12H2,1H3. The van der Waals surface area contributed by atoms with Crippen LogP contribution in [0.15, 0.2) is 47.4 Å². The molecule has 1 atom stereocenters. The van der Waals surface area contributed by atoms with Crippen molar-refractivity contribution < 1.29 is 17.9 Å². The molecule has 29 heavy (non-hydrogen) atoms. The number of carbonyl (C=O) groups is 1. The van der Waals surface area contributed by atoms with E-state index in [2.05, 4.69) is 27.6 Å². The Morgan fingerprint density at radius 3 is 2.79 bits per heavy atom. The minimum atomic E-state index is -3.31. The van der Waals surface area contributed by atoms with Gasteiger partial charge in [0, 0.05) is 16.4 Å². The molecule has 0 N–H and O–H groups in total. The molecule has 0 bridgehead atoms. The van der Waals surface area contributed by atoms with Crippen LogP contribution in [0.3, 0.4) is 0 Å². The average Bonchev–Trinajstić information content (AvgIpc) is 3.34. The van der Waals surface area contributed by atoms with E-state index >= 15 is 0 Å². The highest BCUT2D eigenvalue weighted by Gasteiger charge is 2.28. The van der Waals surface area contributed by atoms with Gasteiger partial charge in [-0.25, -0.2) is 13.4 Å². The van der Waals surface area contributed by atoms with Gasteiger partial charge in [0.15, 0.2) is 15.0 Å². The van der Waals surface area contributed by atoms with Crippen LogP contribution in [0.5, 0.6) is 0 Å². The summed E-state index contributed by atoms with van der Waals surface area (Å²) in [6.07, 6.45) is 3.03. The maximum atomic E-state index is 13.4. The predicted octanol–water partition coefficient (Wildman–Crippen LogP) is 4.13. The van der Waals surface area contributed by atoms with Gasteiger partial charge in [0.05, 0.1) is 33.3 Å². The summed E-state index contributed by atoms with van der Waals surface area (Å²) in [5, 5.41) is 0.547. The molecule has 0 saturated carbocycles. The van der Waals surface area contributed by atoms with Gasteiger partial charge in [-0.3, -0.25) is 9.69 Å². The van der Waals surface area contributed by atoms with E-state index in [9.17, 15) is 13.2 Å². The first-order valence-corrected chi connectivity index (χ1v) is 12.9. The quantitative estimate of drug-likeness (QED) is 0.454. The summed E-state index contributed by atoms with van der Waals surface area (Å²) in [6.45, 7) is 1.12. The lowest BCUT2D eigenvalue weighted by Gasteiger charge is -2.23. The summed E-state index contributed by atoms with van der Waals surface area (Å²) >= 11 is 3.48. The van der Waals surface area contributed by atoms with Crippen LogP contribution in [-0.2, 0) is 14.6 Å². The lowest BCUT2D eigenvalue weighted by Crippen LogP contribution is -2.37. The van der Waals surface area contributed by atoms with E-state index in [1.165, 1.54) is 17.6 Å². The SMILES string of the molecule is CS(=O)(=O)c1ccc2nc(N(CC3CCCO3)C(=O)c3ccccc3I)sc2c1. The smallest absolute Gasteiger partial charge is 0.261 e. The maximum Gasteiger partial charge on any atom is 0.261 e. The third-order valence-corrected chi connectivity index (χ3v) is 7.86. The number of aromatic nitrogens is 1. The van der Waals surface area contributed by atoms with Crippen LogP contribution < -0.4 is 4.90 Å². The third-order valence-electron chi connectivity index (χ3n) is 4.77. The van der Waals surface area contributed by atoms with Crippen molar-refractivity contribution in [1.82, 2.24) is 4.98 Å². The molecule has 9 heteroatoms. The molecule has 1 saturated heterocycles. The molecule has 2 aromatic carbocycles. The van der Waals surface area contributed by atoms with E-state index in [0.29, 0.717) is 29.4 Å². The average molecular weight is 542 g/mol. The van der Waals surface area contributed by atoms with E-state index in [-0.39, 0.29) is 16.9 Å². The number of anilines is 1. The number of carbonyl (C=O) groups excluding carboxylic acids is 1. The maximum absolute atomic E-state index is 13.4. The molecule has 1 aromatic heterocycles. The van der Waals surface area contributed by atoms with Crippen LogP contribution in [-0.4, -0.2) is 44.8 Å². The van der Waals surface area contributed by atoms with Crippen molar-refractivity contribution in [1.29, 1.82) is 0 Å². The molecule has 1 aliphatic rings. The Morgan fingerprint density at radius 2 is 2.10 bits per heavy atom. The Labute approximate surface area is 187 Å². The van der Waals surface area contributed by atoms with E-state index in [4.69, 9.17) is 4.74 Å². The molecule has 1 unspecified atom stereocenters. The van der Waals surface area contributed by atoms with Crippen molar-refractivity contribution in [2.75, 3.05) is 24.3 Å². The lowest BCUT2D eigenvalue weighted by atomic mass is 10.2. The zero-order valence-electron chi connectivity index (χ0n) is 15.7. The molecule has 6 nitrogen and oxygen atoms in total. The molecule has 1 fully saturated rings. The molecular formula is C20H19IN2O4S2. The molecule has 0 aliphatic carbocycles. The largest absolute Gasteiger partial charge is 0.376 e. The highest BCUT2D eigenvalue weighted by atomic mass is 127. The van der Waals surface area contributed by atoms with Crippen LogP contribution in [0.2, 0.25) is 0 Å². The Hall–Kier alpha value is -1.56. The van der Waals surface area contributed by atoms with E-state index in [0.717, 1.165) is 21.1 Å². The van der Waals surface area contributed by atoms with E-state index in [1.54, 1.807) is 23.1 Å². The van der Waals surface area contributed by atoms with E-state index < -0.39 is 9.84 Å². The summed E-state index contributed by atoms with van der Waals surface area (Å²) in [6, 6.07) is 12.3. The topological polar surface area (TPSA) is 76.6 Å². The number of benzene rings is 2. The number of rotatable bonds is 5. The fraction of sp³-hybridized carbons (Fsp3) is 0.300. The summed E-state index contributed by atoms with van der Waals surface area (Å²) in [7, 11) is -3.31. The number of thiazole rings is 1. The summed E-state index contributed by atoms with van der Waals surface area (Å²) in [4.78, 5) is 19.9. The third kappa shape index (κ3) is 4.47. The number of ether oxygens (including phenoxy) is 1. The second-order valence-corrected chi connectivity index (χ2v) is 11.1. The van der Waals surface area contributed by atoms with Crippen LogP contribution >= 0.6 is 33.9 Å². The lowest BCUT2D eigenvalue weighted by molar-refractivity contribution is 0.0916. The van der Waals surface area contributed by atoms with Gasteiger partial charge in [0.1, 0.15) is 0 Å². The predicted molar refractivity (Wildman–Crippen MR) is 123 cm³/mol. The van der Waals surface area contributed by atoms with Crippen molar-refractivity contribution in [2.24, 2.45) is 0 Å². The van der Waals surface area contributed by atoms with Crippen molar-refractivity contribution in [3.05, 3.63) is 51.6 Å². The first-order chi connectivity index (χ1) is 13.8. The number of nitrogens with zero attached hydrogens (tertiary/aromatic N) is 2. The number of amides is 1. The normalized spacial score (nSPS) is 17.0. The molecule has 152 valence electrons. The Bertz CT molecular complexity index is 1170. The van der Waals surface area contributed by atoms with Gasteiger partial charge in [0.25, 0.3) is 5.91 Å². The molecule has 3 aromatic rings. The minimum absolute atomic E-state index is 0.0288. The number of sulfone groups is 1. The second-order valence-electron chi connectivity index (χ2n) is 6.93. The summed E-state index contributed by atoms with van der Waals surface area (Å²) < 4.78 is 31.1. The van der Waals surface area contributed by atoms with Gasteiger partial charge in [0.2, 0.25) is 0 Å². The first-order valence-electron chi connectivity index (χ1n) is 9.11. The van der Waals surface area contributed by atoms with Crippen LogP contribution in [0.4, 0.5) is 5.13 Å². The zero-order chi connectivity index (χ0) is 20.6. The first kappa shape index (κ1) is 20.7. The molecular weight excluding hydrogens is 523 g/mol. The Balaban J connectivity index is 1.76. The fourth-order valence-corrected chi connectivity index (χ4v) is 5.61. The van der Waals surface area contributed by atoms with Crippen molar-refractivity contribution in [2.45, 2.75) is 23.8 Å². The molecule has 2 heterocycles. The Kier molecular flexibility index (Phi) is 5.92. The number of halogens is 1. The van der Waals surface area contributed by atoms with Crippen molar-refractivity contribution >= 4 is 65.0 Å². The molecule has 1 amide bonds. The van der Waals surface area contributed by atoms with E-state index in [1.807, 2.05) is 24.3 Å². The van der Waals surface area contributed by atoms with Gasteiger partial charge < -0.3 is 4.74 Å². The molecule has 0 radical (unpaired) electrons. The van der Waals surface area contributed by atoms with Gasteiger partial charge in [-0.15, -0.1) is 0 Å². The number of hydrogen-bond acceptors (Lipinski definition) is 6. The molecule has 1 aliphatic heterocycles. The van der Waals surface area contributed by atoms with Crippen LogP contribution in [0.25, 0.3) is 10.2 Å². The molecule has 4 rings (SSSR count). The van der Waals surface area contributed by atoms with Gasteiger partial charge in [-0.05, 0) is 65.8 Å². The summed E-state index contributed by atoms with van der Waals surface area (Å²) in [5.74, 6) is -0.132. The highest BCUT2D eigenvalue weighted by molar-refractivity contribution is 14.1. The zero-order valence-corrected chi connectivity index (χ0v) is 19.5. The Morgan fingerprint density at radius 1 is 1.31 bits per heavy atom. The summed E-state index contributed by atoms with van der Waals surface area (Å²) in [5.41, 5.74) is 1.28. The minimum Gasteiger partial charge on any atom is -0.376 e. The van der Waals surface area contributed by atoms with Crippen molar-refractivity contribution in [3.63, 3.8) is 0 Å². The van der Waals surface area contributed by atoms with Gasteiger partial charge >= 0.3 is 0 Å². The van der Waals surface area contributed by atoms with Crippen LogP contribution in [0, 0.1) is 3.57 Å². The van der Waals surface area contributed by atoms with Gasteiger partial charge in [-0.1, -0.05) is 23.5 Å². The second kappa shape index (κ2) is 8.29. The van der Waals surface area contributed by atoms with Gasteiger partial charge in [-0.2, -0.15) is 0 Å².